The van der Waals surface area contributed by atoms with Crippen LogP contribution in [0.25, 0.3) is 10.2 Å². The summed E-state index contributed by atoms with van der Waals surface area (Å²) in [5, 5.41) is 0.676. The zero-order valence-corrected chi connectivity index (χ0v) is 14.7. The number of hydrogen-bond acceptors (Lipinski definition) is 4. The fourth-order valence-corrected chi connectivity index (χ4v) is 3.83. The van der Waals surface area contributed by atoms with E-state index in [1.165, 1.54) is 17.8 Å². The van der Waals surface area contributed by atoms with Gasteiger partial charge in [0.2, 0.25) is 0 Å². The van der Waals surface area contributed by atoms with E-state index in [4.69, 9.17) is 4.74 Å². The normalized spacial score (nSPS) is 20.9. The highest BCUT2D eigenvalue weighted by molar-refractivity contribution is 9.11. The molecule has 0 spiro atoms. The molecule has 1 aliphatic rings. The minimum Gasteiger partial charge on any atom is -0.464 e. The van der Waals surface area contributed by atoms with E-state index in [2.05, 4.69) is 34.8 Å². The van der Waals surface area contributed by atoms with Gasteiger partial charge in [-0.2, -0.15) is 4.98 Å². The van der Waals surface area contributed by atoms with E-state index >= 15 is 0 Å². The molecule has 2 atom stereocenters. The van der Waals surface area contributed by atoms with Crippen molar-refractivity contribution in [3.8, 4) is 6.01 Å². The average molecular weight is 371 g/mol. The van der Waals surface area contributed by atoms with Gasteiger partial charge in [0.05, 0.1) is 15.8 Å². The van der Waals surface area contributed by atoms with Crippen molar-refractivity contribution in [2.24, 2.45) is 11.8 Å². The van der Waals surface area contributed by atoms with Gasteiger partial charge in [-0.25, -0.2) is 0 Å². The summed E-state index contributed by atoms with van der Waals surface area (Å²) in [6.45, 7) is 5.68. The zero-order chi connectivity index (χ0) is 15.0. The summed E-state index contributed by atoms with van der Waals surface area (Å²) < 4.78 is 8.49. The Morgan fingerprint density at radius 3 is 3.00 bits per heavy atom. The van der Waals surface area contributed by atoms with Gasteiger partial charge in [0, 0.05) is 6.54 Å². The van der Waals surface area contributed by atoms with Crippen LogP contribution in [0, 0.1) is 11.8 Å². The molecule has 2 heterocycles. The molecule has 0 saturated heterocycles. The van der Waals surface area contributed by atoms with Gasteiger partial charge in [-0.3, -0.25) is 9.36 Å². The fraction of sp³-hybridized carbons (Fsp3) is 0.600. The van der Waals surface area contributed by atoms with E-state index in [9.17, 15) is 4.79 Å². The Hall–Kier alpha value is -0.880. The number of thiophene rings is 1. The molecule has 0 aromatic carbocycles. The highest BCUT2D eigenvalue weighted by Gasteiger charge is 2.33. The third-order valence-corrected chi connectivity index (χ3v) is 5.56. The van der Waals surface area contributed by atoms with Crippen molar-refractivity contribution in [2.75, 3.05) is 6.61 Å². The van der Waals surface area contributed by atoms with E-state index in [1.807, 2.05) is 6.07 Å². The Morgan fingerprint density at radius 2 is 2.33 bits per heavy atom. The van der Waals surface area contributed by atoms with Crippen molar-refractivity contribution >= 4 is 37.5 Å². The van der Waals surface area contributed by atoms with Gasteiger partial charge in [-0.1, -0.05) is 20.3 Å². The molecule has 21 heavy (non-hydrogen) atoms. The van der Waals surface area contributed by atoms with E-state index in [0.717, 1.165) is 27.4 Å². The number of halogens is 1. The predicted molar refractivity (Wildman–Crippen MR) is 89.3 cm³/mol. The Bertz CT molecular complexity index is 709. The molecule has 0 bridgehead atoms. The van der Waals surface area contributed by atoms with Crippen LogP contribution < -0.4 is 10.3 Å². The molecule has 3 rings (SSSR count). The largest absolute Gasteiger partial charge is 0.464 e. The van der Waals surface area contributed by atoms with Crippen molar-refractivity contribution in [3.05, 3.63) is 20.2 Å². The summed E-state index contributed by atoms with van der Waals surface area (Å²) in [5.74, 6) is 1.35. The number of hydrogen-bond donors (Lipinski definition) is 0. The number of aromatic nitrogens is 2. The Morgan fingerprint density at radius 1 is 1.57 bits per heavy atom. The molecule has 0 amide bonds. The lowest BCUT2D eigenvalue weighted by atomic mass is 10.3. The topological polar surface area (TPSA) is 44.1 Å². The molecule has 1 aliphatic carbocycles. The summed E-state index contributed by atoms with van der Waals surface area (Å²) in [6.07, 6.45) is 3.21. The molecule has 2 aromatic heterocycles. The highest BCUT2D eigenvalue weighted by Crippen LogP contribution is 2.38. The van der Waals surface area contributed by atoms with E-state index in [1.54, 1.807) is 4.57 Å². The maximum absolute atomic E-state index is 12.6. The number of ether oxygens (including phenoxy) is 1. The van der Waals surface area contributed by atoms with Gasteiger partial charge >= 0.3 is 6.01 Å². The van der Waals surface area contributed by atoms with Gasteiger partial charge in [0.25, 0.3) is 5.56 Å². The third-order valence-electron chi connectivity index (χ3n) is 4.02. The van der Waals surface area contributed by atoms with Crippen molar-refractivity contribution in [1.82, 2.24) is 9.55 Å². The van der Waals surface area contributed by atoms with Crippen LogP contribution >= 0.6 is 27.3 Å². The SMILES string of the molecule is CCCCn1c(OCC2CC2C)nc2sc(Br)cc2c1=O. The first-order valence-electron chi connectivity index (χ1n) is 7.42. The van der Waals surface area contributed by atoms with Crippen molar-refractivity contribution in [1.29, 1.82) is 0 Å². The van der Waals surface area contributed by atoms with E-state index in [-0.39, 0.29) is 5.56 Å². The van der Waals surface area contributed by atoms with Crippen LogP contribution in [-0.2, 0) is 6.54 Å². The number of nitrogens with zero attached hydrogens (tertiary/aromatic N) is 2. The van der Waals surface area contributed by atoms with Crippen LogP contribution in [0.1, 0.15) is 33.1 Å². The smallest absolute Gasteiger partial charge is 0.300 e. The summed E-state index contributed by atoms with van der Waals surface area (Å²) in [4.78, 5) is 17.9. The van der Waals surface area contributed by atoms with Crippen LogP contribution in [0.3, 0.4) is 0 Å². The zero-order valence-electron chi connectivity index (χ0n) is 12.3. The van der Waals surface area contributed by atoms with E-state index < -0.39 is 0 Å². The van der Waals surface area contributed by atoms with Crippen molar-refractivity contribution < 1.29 is 4.74 Å². The summed E-state index contributed by atoms with van der Waals surface area (Å²) in [6, 6.07) is 2.33. The summed E-state index contributed by atoms with van der Waals surface area (Å²) in [7, 11) is 0. The summed E-state index contributed by atoms with van der Waals surface area (Å²) in [5.41, 5.74) is 0.00856. The van der Waals surface area contributed by atoms with E-state index in [0.29, 0.717) is 30.5 Å². The maximum Gasteiger partial charge on any atom is 0.300 e. The lowest BCUT2D eigenvalue weighted by Gasteiger charge is -2.12. The molecule has 0 radical (unpaired) electrons. The second kappa shape index (κ2) is 6.08. The van der Waals surface area contributed by atoms with Gasteiger partial charge < -0.3 is 4.74 Å². The third kappa shape index (κ3) is 3.16. The Kier molecular flexibility index (Phi) is 4.36. The predicted octanol–water partition coefficient (Wildman–Crippen LogP) is 4.06. The maximum atomic E-state index is 12.6. The molecule has 2 unspecified atom stereocenters. The lowest BCUT2D eigenvalue weighted by molar-refractivity contribution is 0.253. The van der Waals surface area contributed by atoms with Crippen LogP contribution in [-0.4, -0.2) is 16.2 Å². The molecular weight excluding hydrogens is 352 g/mol. The van der Waals surface area contributed by atoms with Crippen LogP contribution in [0.4, 0.5) is 0 Å². The monoisotopic (exact) mass is 370 g/mol. The minimum absolute atomic E-state index is 0.00856. The van der Waals surface area contributed by atoms with Gasteiger partial charge in [-0.15, -0.1) is 11.3 Å². The van der Waals surface area contributed by atoms with Gasteiger partial charge in [0.15, 0.2) is 0 Å². The molecule has 6 heteroatoms. The van der Waals surface area contributed by atoms with Crippen LogP contribution in [0.15, 0.2) is 14.6 Å². The molecule has 2 aromatic rings. The standard InChI is InChI=1S/C15H19BrN2O2S/c1-3-4-5-18-14(19)11-7-12(16)21-13(11)17-15(18)20-8-10-6-9(10)2/h7,9-10H,3-6,8H2,1-2H3. The van der Waals surface area contributed by atoms with Crippen LogP contribution in [0.5, 0.6) is 6.01 Å². The Labute approximate surface area is 136 Å². The average Bonchev–Trinajstić information content (AvgIpc) is 3.02. The summed E-state index contributed by atoms with van der Waals surface area (Å²) >= 11 is 4.91. The Balaban J connectivity index is 1.95. The second-order valence-electron chi connectivity index (χ2n) is 5.76. The second-order valence-corrected chi connectivity index (χ2v) is 8.17. The molecule has 114 valence electrons. The fourth-order valence-electron chi connectivity index (χ4n) is 2.40. The van der Waals surface area contributed by atoms with Crippen molar-refractivity contribution in [3.63, 3.8) is 0 Å². The number of rotatable bonds is 6. The molecule has 0 N–H and O–H groups in total. The molecule has 1 fully saturated rings. The number of fused-ring (bicyclic) bond motifs is 1. The molecule has 0 aliphatic heterocycles. The highest BCUT2D eigenvalue weighted by atomic mass is 79.9. The van der Waals surface area contributed by atoms with Gasteiger partial charge in [0.1, 0.15) is 4.83 Å². The molecular formula is C15H19BrN2O2S. The first-order chi connectivity index (χ1) is 10.1. The first kappa shape index (κ1) is 15.0. The van der Waals surface area contributed by atoms with Gasteiger partial charge in [-0.05, 0) is 46.7 Å². The van der Waals surface area contributed by atoms with Crippen molar-refractivity contribution in [2.45, 2.75) is 39.7 Å². The van der Waals surface area contributed by atoms with Crippen LogP contribution in [0.2, 0.25) is 0 Å². The molecule has 1 saturated carbocycles. The molecule has 4 nitrogen and oxygen atoms in total. The lowest BCUT2D eigenvalue weighted by Crippen LogP contribution is -2.23. The quantitative estimate of drug-likeness (QED) is 0.769. The first-order valence-corrected chi connectivity index (χ1v) is 9.03. The number of unbranched alkanes of at least 4 members (excludes halogenated alkanes) is 1. The minimum atomic E-state index is 0.00856.